The highest BCUT2D eigenvalue weighted by molar-refractivity contribution is 6.02. The van der Waals surface area contributed by atoms with E-state index in [1.807, 2.05) is 49.4 Å². The fraction of sp³-hybridized carbons (Fsp3) is 0.227. The van der Waals surface area contributed by atoms with Crippen LogP contribution < -0.4 is 15.4 Å². The predicted octanol–water partition coefficient (Wildman–Crippen LogP) is 4.52. The maximum Gasteiger partial charge on any atom is 0.274 e. The third-order valence-electron chi connectivity index (χ3n) is 4.24. The van der Waals surface area contributed by atoms with Crippen LogP contribution in [0.1, 0.15) is 36.3 Å². The Hall–Kier alpha value is -3.41. The summed E-state index contributed by atoms with van der Waals surface area (Å²) in [6.07, 6.45) is 2.52. The van der Waals surface area contributed by atoms with Gasteiger partial charge in [-0.15, -0.1) is 0 Å². The largest absolute Gasteiger partial charge is 0.489 e. The number of nitrogens with zero attached hydrogens (tertiary/aromatic N) is 2. The van der Waals surface area contributed by atoms with Crippen molar-refractivity contribution in [3.8, 4) is 5.75 Å². The minimum atomic E-state index is -0.285. The summed E-state index contributed by atoms with van der Waals surface area (Å²) in [6.45, 7) is 4.61. The van der Waals surface area contributed by atoms with Gasteiger partial charge in [0.25, 0.3) is 5.91 Å². The number of aromatic nitrogens is 2. The molecule has 2 N–H and O–H groups in total. The molecule has 1 unspecified atom stereocenters. The first-order valence-electron chi connectivity index (χ1n) is 9.31. The number of ether oxygens (including phenoxy) is 1. The highest BCUT2D eigenvalue weighted by atomic mass is 16.5. The summed E-state index contributed by atoms with van der Waals surface area (Å²) in [5.74, 6) is 0.906. The zero-order valence-corrected chi connectivity index (χ0v) is 16.1. The summed E-state index contributed by atoms with van der Waals surface area (Å²) in [5.41, 5.74) is 2.09. The van der Waals surface area contributed by atoms with Gasteiger partial charge in [0, 0.05) is 17.9 Å². The van der Waals surface area contributed by atoms with Crippen molar-refractivity contribution in [1.29, 1.82) is 0 Å². The van der Waals surface area contributed by atoms with Gasteiger partial charge in [-0.05, 0) is 49.2 Å². The second kappa shape index (κ2) is 9.50. The van der Waals surface area contributed by atoms with Crippen LogP contribution in [0.15, 0.2) is 66.9 Å². The number of hydrogen-bond acceptors (Lipinski definition) is 5. The molecule has 0 aliphatic carbocycles. The van der Waals surface area contributed by atoms with Gasteiger partial charge < -0.3 is 15.4 Å². The van der Waals surface area contributed by atoms with E-state index in [0.29, 0.717) is 23.9 Å². The van der Waals surface area contributed by atoms with E-state index >= 15 is 0 Å². The topological polar surface area (TPSA) is 76.1 Å². The average molecular weight is 376 g/mol. The molecular weight excluding hydrogens is 352 g/mol. The number of anilines is 2. The van der Waals surface area contributed by atoms with Crippen LogP contribution in [0, 0.1) is 0 Å². The van der Waals surface area contributed by atoms with Gasteiger partial charge in [-0.2, -0.15) is 0 Å². The number of benzene rings is 2. The highest BCUT2D eigenvalue weighted by Gasteiger charge is 2.10. The minimum absolute atomic E-state index is 0.238. The Morgan fingerprint density at radius 1 is 1.07 bits per heavy atom. The zero-order chi connectivity index (χ0) is 19.8. The second-order valence-corrected chi connectivity index (χ2v) is 6.47. The van der Waals surface area contributed by atoms with Crippen molar-refractivity contribution < 1.29 is 9.53 Å². The molecule has 0 spiro atoms. The Morgan fingerprint density at radius 3 is 2.54 bits per heavy atom. The van der Waals surface area contributed by atoms with Crippen LogP contribution in [0.5, 0.6) is 5.75 Å². The SMILES string of the molecule is CCC(C)Nc1nccc(C(=O)Nc2ccc(OCc3ccccc3)cc2)n1. The number of rotatable bonds is 8. The molecule has 28 heavy (non-hydrogen) atoms. The van der Waals surface area contributed by atoms with E-state index in [0.717, 1.165) is 17.7 Å². The van der Waals surface area contributed by atoms with Crippen molar-refractivity contribution >= 4 is 17.5 Å². The van der Waals surface area contributed by atoms with Gasteiger partial charge in [0.15, 0.2) is 0 Å². The molecule has 0 saturated carbocycles. The summed E-state index contributed by atoms with van der Waals surface area (Å²) >= 11 is 0. The standard InChI is InChI=1S/C22H24N4O2/c1-3-16(2)24-22-23-14-13-20(26-22)21(27)25-18-9-11-19(12-10-18)28-15-17-7-5-4-6-8-17/h4-14,16H,3,15H2,1-2H3,(H,25,27)(H,23,24,26). The van der Waals surface area contributed by atoms with Gasteiger partial charge in [0.05, 0.1) is 0 Å². The first-order valence-corrected chi connectivity index (χ1v) is 9.31. The lowest BCUT2D eigenvalue weighted by Gasteiger charge is -2.12. The summed E-state index contributed by atoms with van der Waals surface area (Å²) in [5, 5.41) is 6.01. The van der Waals surface area contributed by atoms with Crippen molar-refractivity contribution in [1.82, 2.24) is 9.97 Å². The number of carbonyl (C=O) groups is 1. The van der Waals surface area contributed by atoms with Gasteiger partial charge in [-0.25, -0.2) is 9.97 Å². The van der Waals surface area contributed by atoms with Crippen LogP contribution in [0.25, 0.3) is 0 Å². The Balaban J connectivity index is 1.57. The van der Waals surface area contributed by atoms with Crippen LogP contribution >= 0.6 is 0 Å². The van der Waals surface area contributed by atoms with Gasteiger partial charge in [-0.3, -0.25) is 4.79 Å². The molecule has 3 rings (SSSR count). The number of amides is 1. The molecule has 1 amide bonds. The van der Waals surface area contributed by atoms with Gasteiger partial charge >= 0.3 is 0 Å². The molecule has 1 heterocycles. The third-order valence-corrected chi connectivity index (χ3v) is 4.24. The van der Waals surface area contributed by atoms with Gasteiger partial charge in [-0.1, -0.05) is 37.3 Å². The Morgan fingerprint density at radius 2 is 1.82 bits per heavy atom. The molecule has 0 aliphatic heterocycles. The molecule has 1 atom stereocenters. The van der Waals surface area contributed by atoms with Crippen LogP contribution in [0.3, 0.4) is 0 Å². The summed E-state index contributed by atoms with van der Waals surface area (Å²) in [6, 6.07) is 19.1. The number of nitrogens with one attached hydrogen (secondary N) is 2. The van der Waals surface area contributed by atoms with E-state index in [-0.39, 0.29) is 11.9 Å². The zero-order valence-electron chi connectivity index (χ0n) is 16.1. The maximum absolute atomic E-state index is 12.5. The lowest BCUT2D eigenvalue weighted by Crippen LogP contribution is -2.19. The fourth-order valence-electron chi connectivity index (χ4n) is 2.45. The molecule has 0 radical (unpaired) electrons. The minimum Gasteiger partial charge on any atom is -0.489 e. The smallest absolute Gasteiger partial charge is 0.274 e. The average Bonchev–Trinajstić information content (AvgIpc) is 2.74. The van der Waals surface area contributed by atoms with Gasteiger partial charge in [0.2, 0.25) is 5.95 Å². The molecule has 0 bridgehead atoms. The summed E-state index contributed by atoms with van der Waals surface area (Å²) in [7, 11) is 0. The molecule has 0 aliphatic rings. The molecule has 6 heteroatoms. The highest BCUT2D eigenvalue weighted by Crippen LogP contribution is 2.18. The second-order valence-electron chi connectivity index (χ2n) is 6.47. The van der Waals surface area contributed by atoms with E-state index in [9.17, 15) is 4.79 Å². The van der Waals surface area contributed by atoms with E-state index in [4.69, 9.17) is 4.74 Å². The molecule has 0 fully saturated rings. The Labute approximate surface area is 165 Å². The van der Waals surface area contributed by atoms with Crippen LogP contribution in [0.2, 0.25) is 0 Å². The molecule has 3 aromatic rings. The van der Waals surface area contributed by atoms with Crippen molar-refractivity contribution in [2.75, 3.05) is 10.6 Å². The quantitative estimate of drug-likeness (QED) is 0.604. The lowest BCUT2D eigenvalue weighted by atomic mass is 10.2. The van der Waals surface area contributed by atoms with E-state index < -0.39 is 0 Å². The van der Waals surface area contributed by atoms with E-state index in [1.54, 1.807) is 24.4 Å². The van der Waals surface area contributed by atoms with Crippen molar-refractivity contribution in [3.63, 3.8) is 0 Å². The lowest BCUT2D eigenvalue weighted by molar-refractivity contribution is 0.102. The fourth-order valence-corrected chi connectivity index (χ4v) is 2.45. The van der Waals surface area contributed by atoms with Crippen LogP contribution in [0.4, 0.5) is 11.6 Å². The van der Waals surface area contributed by atoms with E-state index in [1.165, 1.54) is 0 Å². The molecule has 2 aromatic carbocycles. The molecule has 144 valence electrons. The summed E-state index contributed by atoms with van der Waals surface area (Å²) in [4.78, 5) is 20.9. The summed E-state index contributed by atoms with van der Waals surface area (Å²) < 4.78 is 5.76. The van der Waals surface area contributed by atoms with Crippen molar-refractivity contribution in [2.24, 2.45) is 0 Å². The van der Waals surface area contributed by atoms with Crippen LogP contribution in [-0.4, -0.2) is 21.9 Å². The maximum atomic E-state index is 12.5. The van der Waals surface area contributed by atoms with Crippen molar-refractivity contribution in [3.05, 3.63) is 78.1 Å². The normalized spacial score (nSPS) is 11.5. The molecular formula is C22H24N4O2. The monoisotopic (exact) mass is 376 g/mol. The van der Waals surface area contributed by atoms with Crippen LogP contribution in [-0.2, 0) is 6.61 Å². The third kappa shape index (κ3) is 5.54. The number of hydrogen-bond donors (Lipinski definition) is 2. The first kappa shape index (κ1) is 19.4. The predicted molar refractivity (Wildman–Crippen MR) is 111 cm³/mol. The Kier molecular flexibility index (Phi) is 6.57. The molecule has 0 saturated heterocycles. The van der Waals surface area contributed by atoms with Gasteiger partial charge in [0.1, 0.15) is 18.1 Å². The number of carbonyl (C=O) groups excluding carboxylic acids is 1. The molecule has 1 aromatic heterocycles. The molecule has 6 nitrogen and oxygen atoms in total. The van der Waals surface area contributed by atoms with E-state index in [2.05, 4.69) is 27.5 Å². The first-order chi connectivity index (χ1) is 13.6. The van der Waals surface area contributed by atoms with Crippen molar-refractivity contribution in [2.45, 2.75) is 32.9 Å². The Bertz CT molecular complexity index is 898.